The molecule has 158 valence electrons. The number of hydrogen-bond donors (Lipinski definition) is 2. The lowest BCUT2D eigenvalue weighted by molar-refractivity contribution is -0.115. The number of carbonyl (C=O) groups is 1. The fraction of sp³-hybridized carbons (Fsp3) is 0.500. The highest BCUT2D eigenvalue weighted by atomic mass is 32.2. The van der Waals surface area contributed by atoms with Gasteiger partial charge in [-0.25, -0.2) is 18.5 Å². The number of imidazole rings is 1. The summed E-state index contributed by atoms with van der Waals surface area (Å²) in [6.45, 7) is 5.96. The molecular formula is C20H28N4O3S2. The van der Waals surface area contributed by atoms with Gasteiger partial charge in [-0.2, -0.15) is 0 Å². The van der Waals surface area contributed by atoms with Crippen LogP contribution in [0, 0.1) is 13.8 Å². The van der Waals surface area contributed by atoms with Crippen LogP contribution in [0.25, 0.3) is 0 Å². The molecule has 0 bridgehead atoms. The summed E-state index contributed by atoms with van der Waals surface area (Å²) < 4.78 is 25.0. The second-order valence-corrected chi connectivity index (χ2v) is 10.4. The van der Waals surface area contributed by atoms with Gasteiger partial charge in [-0.15, -0.1) is 0 Å². The molecule has 2 aromatic rings. The number of sulfonamides is 1. The van der Waals surface area contributed by atoms with Crippen LogP contribution in [-0.4, -0.2) is 29.1 Å². The molecule has 1 fully saturated rings. The summed E-state index contributed by atoms with van der Waals surface area (Å²) >= 11 is 1.46. The number of benzene rings is 1. The minimum absolute atomic E-state index is 0.0124. The van der Waals surface area contributed by atoms with E-state index in [0.29, 0.717) is 11.7 Å². The molecule has 0 radical (unpaired) electrons. The number of nitrogens with one attached hydrogen (secondary N) is 1. The zero-order chi connectivity index (χ0) is 21.2. The molecule has 1 unspecified atom stereocenters. The van der Waals surface area contributed by atoms with Gasteiger partial charge in [0.2, 0.25) is 15.9 Å². The van der Waals surface area contributed by atoms with E-state index in [1.807, 2.05) is 13.8 Å². The molecule has 9 heteroatoms. The largest absolute Gasteiger partial charge is 0.325 e. The van der Waals surface area contributed by atoms with Gasteiger partial charge in [-0.1, -0.05) is 31.0 Å². The summed E-state index contributed by atoms with van der Waals surface area (Å²) in [5.74, 6) is -0.160. The van der Waals surface area contributed by atoms with Crippen LogP contribution in [0.4, 0.5) is 5.69 Å². The zero-order valence-corrected chi connectivity index (χ0v) is 18.6. The smallest absolute Gasteiger partial charge is 0.238 e. The Labute approximate surface area is 176 Å². The summed E-state index contributed by atoms with van der Waals surface area (Å²) in [5, 5.41) is 8.47. The SMILES string of the molecule is Cc1nc(SC(C)C(=O)Nc2ccc(S(N)(=O)=O)cc2)n(C2CCCCC2)c1C. The normalized spacial score (nSPS) is 16.6. The lowest BCUT2D eigenvalue weighted by atomic mass is 9.95. The first-order valence-electron chi connectivity index (χ1n) is 9.82. The number of nitrogens with two attached hydrogens (primary N) is 1. The average molecular weight is 437 g/mol. The third-order valence-corrected chi connectivity index (χ3v) is 7.39. The zero-order valence-electron chi connectivity index (χ0n) is 17.0. The van der Waals surface area contributed by atoms with Crippen molar-refractivity contribution in [1.82, 2.24) is 9.55 Å². The van der Waals surface area contributed by atoms with Crippen LogP contribution in [0.3, 0.4) is 0 Å². The van der Waals surface area contributed by atoms with Crippen LogP contribution in [-0.2, 0) is 14.8 Å². The Morgan fingerprint density at radius 3 is 2.41 bits per heavy atom. The van der Waals surface area contributed by atoms with Crippen molar-refractivity contribution in [2.75, 3.05) is 5.32 Å². The quantitative estimate of drug-likeness (QED) is 0.670. The standard InChI is InChI=1S/C20H28N4O3S2/c1-13-14(2)24(17-7-5-4-6-8-17)20(22-13)28-15(3)19(25)23-16-9-11-18(12-10-16)29(21,26)27/h9-12,15,17H,4-8H2,1-3H3,(H,23,25)(H2,21,26,27). The van der Waals surface area contributed by atoms with Gasteiger partial charge in [-0.3, -0.25) is 4.79 Å². The Balaban J connectivity index is 1.70. The number of rotatable bonds is 6. The van der Waals surface area contributed by atoms with E-state index >= 15 is 0 Å². The Bertz CT molecular complexity index is 978. The number of primary sulfonamides is 1. The molecule has 7 nitrogen and oxygen atoms in total. The predicted octanol–water partition coefficient (Wildman–Crippen LogP) is 3.77. The second kappa shape index (κ2) is 8.89. The van der Waals surface area contributed by atoms with Gasteiger partial charge < -0.3 is 9.88 Å². The number of thioether (sulfide) groups is 1. The van der Waals surface area contributed by atoms with Crippen LogP contribution in [0.2, 0.25) is 0 Å². The number of anilines is 1. The molecular weight excluding hydrogens is 408 g/mol. The van der Waals surface area contributed by atoms with Crippen molar-refractivity contribution in [3.05, 3.63) is 35.7 Å². The third-order valence-electron chi connectivity index (χ3n) is 5.40. The maximum absolute atomic E-state index is 12.7. The second-order valence-electron chi connectivity index (χ2n) is 7.55. The van der Waals surface area contributed by atoms with E-state index in [2.05, 4.69) is 16.8 Å². The van der Waals surface area contributed by atoms with Crippen LogP contribution in [0.1, 0.15) is 56.5 Å². The molecule has 1 heterocycles. The van der Waals surface area contributed by atoms with E-state index in [9.17, 15) is 13.2 Å². The summed E-state index contributed by atoms with van der Waals surface area (Å²) in [6.07, 6.45) is 6.06. The molecule has 0 saturated heterocycles. The Morgan fingerprint density at radius 1 is 1.21 bits per heavy atom. The predicted molar refractivity (Wildman–Crippen MR) is 116 cm³/mol. The van der Waals surface area contributed by atoms with Crippen molar-refractivity contribution in [3.8, 4) is 0 Å². The van der Waals surface area contributed by atoms with Crippen molar-refractivity contribution >= 4 is 33.4 Å². The van der Waals surface area contributed by atoms with E-state index in [-0.39, 0.29) is 16.1 Å². The minimum atomic E-state index is -3.75. The minimum Gasteiger partial charge on any atom is -0.325 e. The van der Waals surface area contributed by atoms with E-state index in [1.54, 1.807) is 0 Å². The highest BCUT2D eigenvalue weighted by Crippen LogP contribution is 2.35. The molecule has 0 spiro atoms. The fourth-order valence-corrected chi connectivity index (χ4v) is 5.22. The Kier molecular flexibility index (Phi) is 6.70. The average Bonchev–Trinajstić information content (AvgIpc) is 2.95. The first-order chi connectivity index (χ1) is 13.7. The number of carbonyl (C=O) groups excluding carboxylic acids is 1. The van der Waals surface area contributed by atoms with Crippen molar-refractivity contribution in [2.45, 2.75) is 74.2 Å². The first-order valence-corrected chi connectivity index (χ1v) is 12.2. The number of nitrogens with zero attached hydrogens (tertiary/aromatic N) is 2. The Hall–Kier alpha value is -1.84. The maximum atomic E-state index is 12.7. The van der Waals surface area contributed by atoms with Crippen molar-refractivity contribution in [1.29, 1.82) is 0 Å². The van der Waals surface area contributed by atoms with Crippen LogP contribution in [0.5, 0.6) is 0 Å². The summed E-state index contributed by atoms with van der Waals surface area (Å²) in [7, 11) is -3.75. The molecule has 3 N–H and O–H groups in total. The monoisotopic (exact) mass is 436 g/mol. The van der Waals surface area contributed by atoms with Gasteiger partial charge in [0.05, 0.1) is 15.8 Å². The maximum Gasteiger partial charge on any atom is 0.238 e. The number of hydrogen-bond acceptors (Lipinski definition) is 5. The Morgan fingerprint density at radius 2 is 1.83 bits per heavy atom. The van der Waals surface area contributed by atoms with Gasteiger partial charge in [0.15, 0.2) is 5.16 Å². The van der Waals surface area contributed by atoms with Crippen molar-refractivity contribution in [2.24, 2.45) is 5.14 Å². The van der Waals surface area contributed by atoms with E-state index in [0.717, 1.165) is 23.7 Å². The summed E-state index contributed by atoms with van der Waals surface area (Å²) in [6, 6.07) is 6.28. The van der Waals surface area contributed by atoms with Gasteiger partial charge in [-0.05, 0) is 57.9 Å². The van der Waals surface area contributed by atoms with E-state index in [4.69, 9.17) is 10.1 Å². The molecule has 29 heavy (non-hydrogen) atoms. The highest BCUT2D eigenvalue weighted by molar-refractivity contribution is 8.00. The summed E-state index contributed by atoms with van der Waals surface area (Å²) in [4.78, 5) is 17.4. The molecule has 1 aliphatic rings. The lowest BCUT2D eigenvalue weighted by Crippen LogP contribution is -2.23. The van der Waals surface area contributed by atoms with Crippen LogP contribution in [0.15, 0.2) is 34.3 Å². The fourth-order valence-electron chi connectivity index (χ4n) is 3.63. The topological polar surface area (TPSA) is 107 Å². The molecule has 1 aliphatic carbocycles. The molecule has 1 aromatic carbocycles. The number of aryl methyl sites for hydroxylation is 1. The van der Waals surface area contributed by atoms with Gasteiger partial charge in [0.25, 0.3) is 0 Å². The number of amides is 1. The molecule has 3 rings (SSSR count). The molecule has 0 aliphatic heterocycles. The molecule has 1 atom stereocenters. The lowest BCUT2D eigenvalue weighted by Gasteiger charge is -2.26. The van der Waals surface area contributed by atoms with Crippen molar-refractivity contribution in [3.63, 3.8) is 0 Å². The van der Waals surface area contributed by atoms with Crippen molar-refractivity contribution < 1.29 is 13.2 Å². The molecule has 1 aromatic heterocycles. The highest BCUT2D eigenvalue weighted by Gasteiger charge is 2.25. The van der Waals surface area contributed by atoms with Gasteiger partial charge in [0, 0.05) is 17.4 Å². The van der Waals surface area contributed by atoms with E-state index in [1.165, 1.54) is 61.0 Å². The van der Waals surface area contributed by atoms with Gasteiger partial charge in [0.1, 0.15) is 0 Å². The molecule has 1 saturated carbocycles. The summed E-state index contributed by atoms with van der Waals surface area (Å²) in [5.41, 5.74) is 2.70. The van der Waals surface area contributed by atoms with Crippen LogP contribution >= 0.6 is 11.8 Å². The first kappa shape index (κ1) is 21.9. The third kappa shape index (κ3) is 5.21. The molecule has 1 amide bonds. The van der Waals surface area contributed by atoms with Gasteiger partial charge >= 0.3 is 0 Å². The number of aromatic nitrogens is 2. The van der Waals surface area contributed by atoms with Crippen LogP contribution < -0.4 is 10.5 Å². The van der Waals surface area contributed by atoms with E-state index < -0.39 is 10.0 Å².